The molecule has 0 aliphatic heterocycles. The van der Waals surface area contributed by atoms with Gasteiger partial charge >= 0.3 is 11.9 Å². The number of rotatable bonds is 7. The Bertz CT molecular complexity index is 1000. The van der Waals surface area contributed by atoms with Gasteiger partial charge in [-0.05, 0) is 86.4 Å². The monoisotopic (exact) mass is 428 g/mol. The molecule has 1 fully saturated rings. The van der Waals surface area contributed by atoms with E-state index in [1.807, 2.05) is 72.8 Å². The lowest BCUT2D eigenvalue weighted by molar-refractivity contribution is -0.140. The highest BCUT2D eigenvalue weighted by Crippen LogP contribution is 2.32. The van der Waals surface area contributed by atoms with E-state index >= 15 is 0 Å². The number of hydrogen-bond donors (Lipinski definition) is 0. The molecule has 0 spiro atoms. The molecule has 0 saturated heterocycles. The summed E-state index contributed by atoms with van der Waals surface area (Å²) >= 11 is 0. The highest BCUT2D eigenvalue weighted by Gasteiger charge is 2.27. The quantitative estimate of drug-likeness (QED) is 0.330. The lowest BCUT2D eigenvalue weighted by atomic mass is 9.79. The van der Waals surface area contributed by atoms with E-state index in [9.17, 15) is 9.59 Å². The summed E-state index contributed by atoms with van der Waals surface area (Å²) in [7, 11) is 0. The Morgan fingerprint density at radius 1 is 0.688 bits per heavy atom. The number of ether oxygens (including phenoxy) is 2. The molecule has 1 saturated carbocycles. The number of para-hydroxylation sites is 1. The van der Waals surface area contributed by atoms with E-state index in [-0.39, 0.29) is 17.9 Å². The Labute approximate surface area is 189 Å². The van der Waals surface area contributed by atoms with Crippen molar-refractivity contribution in [2.75, 3.05) is 0 Å². The van der Waals surface area contributed by atoms with Crippen LogP contribution in [-0.4, -0.2) is 11.9 Å². The summed E-state index contributed by atoms with van der Waals surface area (Å²) in [6, 6.07) is 26.0. The van der Waals surface area contributed by atoms with Crippen molar-refractivity contribution in [3.05, 3.63) is 96.1 Å². The molecule has 0 aromatic heterocycles. The van der Waals surface area contributed by atoms with Crippen LogP contribution in [0.1, 0.15) is 48.0 Å². The van der Waals surface area contributed by atoms with Gasteiger partial charge < -0.3 is 9.47 Å². The van der Waals surface area contributed by atoms with Crippen molar-refractivity contribution < 1.29 is 19.1 Å². The predicted octanol–water partition coefficient (Wildman–Crippen LogP) is 6.25. The van der Waals surface area contributed by atoms with Crippen LogP contribution in [0.15, 0.2) is 84.9 Å². The zero-order valence-electron chi connectivity index (χ0n) is 18.1. The average molecular weight is 429 g/mol. The van der Waals surface area contributed by atoms with E-state index < -0.39 is 0 Å². The molecular weight excluding hydrogens is 400 g/mol. The molecule has 4 nitrogen and oxygen atoms in total. The highest BCUT2D eigenvalue weighted by atomic mass is 16.5. The van der Waals surface area contributed by atoms with E-state index in [4.69, 9.17) is 9.47 Å². The van der Waals surface area contributed by atoms with Gasteiger partial charge in [0, 0.05) is 0 Å². The number of carbonyl (C=O) groups excluding carboxylic acids is 2. The number of hydrogen-bond acceptors (Lipinski definition) is 4. The van der Waals surface area contributed by atoms with Crippen molar-refractivity contribution in [1.82, 2.24) is 0 Å². The zero-order chi connectivity index (χ0) is 22.2. The Morgan fingerprint density at radius 2 is 1.28 bits per heavy atom. The van der Waals surface area contributed by atoms with Crippen molar-refractivity contribution >= 4 is 11.9 Å². The summed E-state index contributed by atoms with van der Waals surface area (Å²) in [5.41, 5.74) is 1.77. The second-order valence-electron chi connectivity index (χ2n) is 8.39. The Kier molecular flexibility index (Phi) is 7.34. The predicted molar refractivity (Wildman–Crippen MR) is 124 cm³/mol. The average Bonchev–Trinajstić information content (AvgIpc) is 2.85. The van der Waals surface area contributed by atoms with Gasteiger partial charge in [-0.3, -0.25) is 4.79 Å². The molecule has 3 aromatic rings. The third-order valence-electron chi connectivity index (χ3n) is 6.13. The van der Waals surface area contributed by atoms with Crippen molar-refractivity contribution in [3.63, 3.8) is 0 Å². The van der Waals surface area contributed by atoms with E-state index in [2.05, 4.69) is 0 Å². The fraction of sp³-hybridized carbons (Fsp3) is 0.286. The second kappa shape index (κ2) is 10.8. The van der Waals surface area contributed by atoms with Crippen LogP contribution in [-0.2, 0) is 11.2 Å². The largest absolute Gasteiger partial charge is 0.426 e. The van der Waals surface area contributed by atoms with Crippen LogP contribution in [0.4, 0.5) is 0 Å². The maximum atomic E-state index is 12.4. The van der Waals surface area contributed by atoms with Crippen LogP contribution in [0, 0.1) is 11.8 Å². The van der Waals surface area contributed by atoms with Crippen molar-refractivity contribution in [1.29, 1.82) is 0 Å². The number of aryl methyl sites for hydroxylation is 1. The third-order valence-corrected chi connectivity index (χ3v) is 6.13. The van der Waals surface area contributed by atoms with Crippen molar-refractivity contribution in [2.45, 2.75) is 38.5 Å². The first kappa shape index (κ1) is 21.8. The van der Waals surface area contributed by atoms with Crippen LogP contribution >= 0.6 is 0 Å². The minimum atomic E-state index is -0.346. The van der Waals surface area contributed by atoms with Crippen molar-refractivity contribution in [2.24, 2.45) is 11.8 Å². The van der Waals surface area contributed by atoms with Gasteiger partial charge in [0.25, 0.3) is 0 Å². The van der Waals surface area contributed by atoms with Gasteiger partial charge in [-0.1, -0.05) is 48.5 Å². The summed E-state index contributed by atoms with van der Waals surface area (Å²) in [6.07, 6.45) is 5.98. The third kappa shape index (κ3) is 6.07. The summed E-state index contributed by atoms with van der Waals surface area (Å²) in [5.74, 6) is 1.37. The topological polar surface area (TPSA) is 52.6 Å². The van der Waals surface area contributed by atoms with Crippen LogP contribution in [0.2, 0.25) is 0 Å². The van der Waals surface area contributed by atoms with Crippen LogP contribution in [0.3, 0.4) is 0 Å². The number of esters is 2. The molecule has 3 aromatic carbocycles. The molecule has 164 valence electrons. The van der Waals surface area contributed by atoms with Gasteiger partial charge in [0.15, 0.2) is 0 Å². The maximum Gasteiger partial charge on any atom is 0.343 e. The zero-order valence-corrected chi connectivity index (χ0v) is 18.1. The first-order chi connectivity index (χ1) is 15.7. The molecule has 1 aliphatic carbocycles. The molecule has 4 heteroatoms. The minimum Gasteiger partial charge on any atom is -0.426 e. The first-order valence-electron chi connectivity index (χ1n) is 11.3. The lowest BCUT2D eigenvalue weighted by Crippen LogP contribution is -2.25. The van der Waals surface area contributed by atoms with Crippen LogP contribution in [0.5, 0.6) is 11.5 Å². The summed E-state index contributed by atoms with van der Waals surface area (Å²) in [6.45, 7) is 0. The standard InChI is InChI=1S/C28H28O4/c29-27(23-7-3-1-4-8-23)32-26-19-15-22(16-20-26)12-11-21-13-17-24(18-14-21)28(30)31-25-9-5-2-6-10-25/h1-10,15-16,19-21,24H,11-14,17-18H2. The second-order valence-corrected chi connectivity index (χ2v) is 8.39. The highest BCUT2D eigenvalue weighted by molar-refractivity contribution is 5.90. The van der Waals surface area contributed by atoms with Gasteiger partial charge in [-0.2, -0.15) is 0 Å². The van der Waals surface area contributed by atoms with Gasteiger partial charge in [-0.15, -0.1) is 0 Å². The molecule has 0 unspecified atom stereocenters. The van der Waals surface area contributed by atoms with Gasteiger partial charge in [0.05, 0.1) is 11.5 Å². The molecular formula is C28H28O4. The first-order valence-corrected chi connectivity index (χ1v) is 11.3. The lowest BCUT2D eigenvalue weighted by Gasteiger charge is -2.27. The molecule has 0 bridgehead atoms. The van der Waals surface area contributed by atoms with E-state index in [1.54, 1.807) is 12.1 Å². The molecule has 32 heavy (non-hydrogen) atoms. The fourth-order valence-corrected chi connectivity index (χ4v) is 4.21. The fourth-order valence-electron chi connectivity index (χ4n) is 4.21. The molecule has 1 aliphatic rings. The molecule has 4 rings (SSSR count). The SMILES string of the molecule is O=C(Oc1ccc(CCC2CCC(C(=O)Oc3ccccc3)CC2)cc1)c1ccccc1. The summed E-state index contributed by atoms with van der Waals surface area (Å²) in [4.78, 5) is 24.5. The molecule has 0 amide bonds. The minimum absolute atomic E-state index is 0.00467. The summed E-state index contributed by atoms with van der Waals surface area (Å²) in [5, 5.41) is 0. The maximum absolute atomic E-state index is 12.4. The molecule has 0 radical (unpaired) electrons. The number of carbonyl (C=O) groups is 2. The van der Waals surface area contributed by atoms with Crippen LogP contribution < -0.4 is 9.47 Å². The van der Waals surface area contributed by atoms with Crippen LogP contribution in [0.25, 0.3) is 0 Å². The van der Waals surface area contributed by atoms with Gasteiger partial charge in [0.2, 0.25) is 0 Å². The van der Waals surface area contributed by atoms with Gasteiger partial charge in [-0.25, -0.2) is 4.79 Å². The number of benzene rings is 3. The molecule has 0 N–H and O–H groups in total. The Balaban J connectivity index is 1.19. The molecule has 0 atom stereocenters. The normalized spacial score (nSPS) is 18.0. The Morgan fingerprint density at radius 3 is 1.94 bits per heavy atom. The van der Waals surface area contributed by atoms with E-state index in [0.717, 1.165) is 38.5 Å². The van der Waals surface area contributed by atoms with E-state index in [1.165, 1.54) is 5.56 Å². The smallest absolute Gasteiger partial charge is 0.343 e. The molecule has 0 heterocycles. The summed E-state index contributed by atoms with van der Waals surface area (Å²) < 4.78 is 11.0. The Hall–Kier alpha value is -3.40. The van der Waals surface area contributed by atoms with E-state index in [0.29, 0.717) is 23.0 Å². The van der Waals surface area contributed by atoms with Gasteiger partial charge in [0.1, 0.15) is 11.5 Å². The van der Waals surface area contributed by atoms with Crippen molar-refractivity contribution in [3.8, 4) is 11.5 Å².